The third-order valence-corrected chi connectivity index (χ3v) is 1.42. The SMILES string of the molecule is c1ccc(Oc2ccc[nH]2)nc1. The minimum absolute atomic E-state index is 0.597. The molecule has 60 valence electrons. The van der Waals surface area contributed by atoms with Gasteiger partial charge in [-0.2, -0.15) is 0 Å². The third kappa shape index (κ3) is 1.45. The fourth-order valence-corrected chi connectivity index (χ4v) is 0.897. The zero-order chi connectivity index (χ0) is 8.23. The predicted octanol–water partition coefficient (Wildman–Crippen LogP) is 2.20. The fraction of sp³-hybridized carbons (Fsp3) is 0. The fourth-order valence-electron chi connectivity index (χ4n) is 0.897. The van der Waals surface area contributed by atoms with E-state index in [1.54, 1.807) is 18.5 Å². The Hall–Kier alpha value is -1.77. The van der Waals surface area contributed by atoms with Gasteiger partial charge in [0.25, 0.3) is 0 Å². The predicted molar refractivity (Wildman–Crippen MR) is 45.1 cm³/mol. The van der Waals surface area contributed by atoms with E-state index in [4.69, 9.17) is 4.74 Å². The van der Waals surface area contributed by atoms with Crippen LogP contribution in [-0.4, -0.2) is 9.97 Å². The lowest BCUT2D eigenvalue weighted by molar-refractivity contribution is 0.447. The van der Waals surface area contributed by atoms with Gasteiger partial charge in [0.05, 0.1) is 0 Å². The summed E-state index contributed by atoms with van der Waals surface area (Å²) in [6.45, 7) is 0. The Kier molecular flexibility index (Phi) is 1.78. The highest BCUT2D eigenvalue weighted by Crippen LogP contribution is 2.14. The van der Waals surface area contributed by atoms with E-state index in [-0.39, 0.29) is 0 Å². The molecule has 0 fully saturated rings. The van der Waals surface area contributed by atoms with Crippen molar-refractivity contribution in [3.8, 4) is 11.8 Å². The van der Waals surface area contributed by atoms with E-state index in [2.05, 4.69) is 9.97 Å². The number of H-pyrrole nitrogens is 1. The van der Waals surface area contributed by atoms with Crippen LogP contribution in [0.25, 0.3) is 0 Å². The molecule has 0 spiro atoms. The number of hydrogen-bond acceptors (Lipinski definition) is 2. The Morgan fingerprint density at radius 1 is 1.17 bits per heavy atom. The van der Waals surface area contributed by atoms with Crippen LogP contribution in [0.15, 0.2) is 42.7 Å². The number of aromatic amines is 1. The number of nitrogens with zero attached hydrogens (tertiary/aromatic N) is 1. The molecule has 0 atom stereocenters. The lowest BCUT2D eigenvalue weighted by Crippen LogP contribution is -1.85. The van der Waals surface area contributed by atoms with Crippen LogP contribution >= 0.6 is 0 Å². The van der Waals surface area contributed by atoms with Crippen molar-refractivity contribution in [2.45, 2.75) is 0 Å². The second-order valence-corrected chi connectivity index (χ2v) is 2.30. The molecule has 0 radical (unpaired) electrons. The van der Waals surface area contributed by atoms with Crippen LogP contribution in [0, 0.1) is 0 Å². The maximum absolute atomic E-state index is 5.35. The molecule has 0 aliphatic carbocycles. The Bertz CT molecular complexity index is 329. The van der Waals surface area contributed by atoms with Crippen molar-refractivity contribution >= 4 is 0 Å². The van der Waals surface area contributed by atoms with Crippen molar-refractivity contribution in [1.82, 2.24) is 9.97 Å². The topological polar surface area (TPSA) is 37.9 Å². The Morgan fingerprint density at radius 3 is 2.83 bits per heavy atom. The molecule has 2 aromatic heterocycles. The average Bonchev–Trinajstić information content (AvgIpc) is 2.59. The smallest absolute Gasteiger partial charge is 0.221 e. The van der Waals surface area contributed by atoms with Gasteiger partial charge in [0.1, 0.15) is 0 Å². The molecule has 3 heteroatoms. The van der Waals surface area contributed by atoms with Gasteiger partial charge in [0, 0.05) is 24.5 Å². The number of nitrogens with one attached hydrogen (secondary N) is 1. The molecule has 0 saturated heterocycles. The number of aromatic nitrogens is 2. The number of pyridine rings is 1. The minimum atomic E-state index is 0.597. The first-order chi connectivity index (χ1) is 5.95. The molecule has 0 amide bonds. The van der Waals surface area contributed by atoms with Gasteiger partial charge in [0.15, 0.2) is 5.88 Å². The lowest BCUT2D eigenvalue weighted by atomic mass is 10.5. The molecule has 12 heavy (non-hydrogen) atoms. The molecule has 2 heterocycles. The second kappa shape index (κ2) is 3.09. The van der Waals surface area contributed by atoms with Gasteiger partial charge in [-0.3, -0.25) is 0 Å². The highest BCUT2D eigenvalue weighted by Gasteiger charge is 1.95. The van der Waals surface area contributed by atoms with Gasteiger partial charge in [0.2, 0.25) is 5.88 Å². The summed E-state index contributed by atoms with van der Waals surface area (Å²) in [5.74, 6) is 1.30. The van der Waals surface area contributed by atoms with Crippen molar-refractivity contribution < 1.29 is 4.74 Å². The molecule has 1 N–H and O–H groups in total. The van der Waals surface area contributed by atoms with Crippen LogP contribution in [-0.2, 0) is 0 Å². The van der Waals surface area contributed by atoms with Crippen LogP contribution in [0.4, 0.5) is 0 Å². The van der Waals surface area contributed by atoms with Gasteiger partial charge in [-0.05, 0) is 12.1 Å². The van der Waals surface area contributed by atoms with E-state index in [9.17, 15) is 0 Å². The summed E-state index contributed by atoms with van der Waals surface area (Å²) in [7, 11) is 0. The van der Waals surface area contributed by atoms with Crippen molar-refractivity contribution in [1.29, 1.82) is 0 Å². The second-order valence-electron chi connectivity index (χ2n) is 2.30. The summed E-state index contributed by atoms with van der Waals surface area (Å²) in [5, 5.41) is 0. The molecule has 2 aromatic rings. The quantitative estimate of drug-likeness (QED) is 0.731. The molecule has 0 saturated carbocycles. The molecule has 3 nitrogen and oxygen atoms in total. The molecule has 0 aliphatic heterocycles. The zero-order valence-corrected chi connectivity index (χ0v) is 6.40. The van der Waals surface area contributed by atoms with E-state index in [1.165, 1.54) is 0 Å². The Morgan fingerprint density at radius 2 is 2.17 bits per heavy atom. The Labute approximate surface area is 70.0 Å². The molecular formula is C9H8N2O. The summed E-state index contributed by atoms with van der Waals surface area (Å²) in [4.78, 5) is 6.93. The van der Waals surface area contributed by atoms with E-state index < -0.39 is 0 Å². The third-order valence-electron chi connectivity index (χ3n) is 1.42. The molecular weight excluding hydrogens is 152 g/mol. The van der Waals surface area contributed by atoms with Crippen LogP contribution < -0.4 is 4.74 Å². The maximum atomic E-state index is 5.35. The van der Waals surface area contributed by atoms with Crippen LogP contribution in [0.5, 0.6) is 11.8 Å². The minimum Gasteiger partial charge on any atom is -0.423 e. The van der Waals surface area contributed by atoms with E-state index in [0.29, 0.717) is 11.8 Å². The van der Waals surface area contributed by atoms with Gasteiger partial charge in [-0.15, -0.1) is 0 Å². The molecule has 0 aromatic carbocycles. The van der Waals surface area contributed by atoms with Gasteiger partial charge in [-0.1, -0.05) is 6.07 Å². The van der Waals surface area contributed by atoms with Crippen molar-refractivity contribution in [3.63, 3.8) is 0 Å². The largest absolute Gasteiger partial charge is 0.423 e. The van der Waals surface area contributed by atoms with Crippen molar-refractivity contribution in [3.05, 3.63) is 42.7 Å². The van der Waals surface area contributed by atoms with E-state index >= 15 is 0 Å². The molecule has 0 bridgehead atoms. The number of ether oxygens (including phenoxy) is 1. The number of hydrogen-bond donors (Lipinski definition) is 1. The summed E-state index contributed by atoms with van der Waals surface area (Å²) >= 11 is 0. The Balaban J connectivity index is 2.15. The van der Waals surface area contributed by atoms with E-state index in [1.807, 2.05) is 24.3 Å². The molecule has 2 rings (SSSR count). The van der Waals surface area contributed by atoms with Gasteiger partial charge in [-0.25, -0.2) is 4.98 Å². The van der Waals surface area contributed by atoms with Crippen molar-refractivity contribution in [2.75, 3.05) is 0 Å². The van der Waals surface area contributed by atoms with Crippen molar-refractivity contribution in [2.24, 2.45) is 0 Å². The standard InChI is InChI=1S/C9H8N2O/c1-2-6-10-8(4-1)12-9-5-3-7-11-9/h1-7,11H. The van der Waals surface area contributed by atoms with Crippen LogP contribution in [0.3, 0.4) is 0 Å². The normalized spacial score (nSPS) is 9.67. The summed E-state index contributed by atoms with van der Waals surface area (Å²) in [6.07, 6.45) is 3.50. The van der Waals surface area contributed by atoms with Crippen LogP contribution in [0.2, 0.25) is 0 Å². The monoisotopic (exact) mass is 160 g/mol. The molecule has 0 aliphatic rings. The summed E-state index contributed by atoms with van der Waals surface area (Å²) in [6, 6.07) is 9.25. The van der Waals surface area contributed by atoms with E-state index in [0.717, 1.165) is 0 Å². The first-order valence-corrected chi connectivity index (χ1v) is 3.67. The summed E-state index contributed by atoms with van der Waals surface area (Å²) < 4.78 is 5.35. The maximum Gasteiger partial charge on any atom is 0.221 e. The van der Waals surface area contributed by atoms with Gasteiger partial charge >= 0.3 is 0 Å². The zero-order valence-electron chi connectivity index (χ0n) is 6.40. The first kappa shape index (κ1) is 6.91. The first-order valence-electron chi connectivity index (χ1n) is 3.67. The van der Waals surface area contributed by atoms with Gasteiger partial charge < -0.3 is 9.72 Å². The highest BCUT2D eigenvalue weighted by molar-refractivity contribution is 5.19. The summed E-state index contributed by atoms with van der Waals surface area (Å²) in [5.41, 5.74) is 0. The average molecular weight is 160 g/mol. The van der Waals surface area contributed by atoms with Crippen LogP contribution in [0.1, 0.15) is 0 Å². The number of rotatable bonds is 2. The highest BCUT2D eigenvalue weighted by atomic mass is 16.5. The molecule has 0 unspecified atom stereocenters. The lowest BCUT2D eigenvalue weighted by Gasteiger charge is -1.99.